The summed E-state index contributed by atoms with van der Waals surface area (Å²) in [5.74, 6) is 0.969. The minimum Gasteiger partial charge on any atom is -0.486 e. The lowest BCUT2D eigenvalue weighted by Gasteiger charge is -2.31. The minimum atomic E-state index is -0.306. The number of amides is 2. The standard InChI is InChI=1S/C25H24FN3O4S/c26-18-3-1-16(2-4-18)13-23(30)29-9-7-17(8-10-29)25-28-20(15-34-25)24(31)27-19-5-6-21-22(14-19)33-12-11-32-21/h1-6,14-15,17H,7-13H2,(H,27,31). The first kappa shape index (κ1) is 22.3. The number of ether oxygens (including phenoxy) is 2. The Morgan fingerprint density at radius 2 is 1.79 bits per heavy atom. The summed E-state index contributed by atoms with van der Waals surface area (Å²) in [5.41, 5.74) is 1.81. The smallest absolute Gasteiger partial charge is 0.275 e. The highest BCUT2D eigenvalue weighted by atomic mass is 32.1. The maximum absolute atomic E-state index is 13.1. The number of aromatic nitrogens is 1. The van der Waals surface area contributed by atoms with E-state index in [0.29, 0.717) is 49.2 Å². The van der Waals surface area contributed by atoms with Crippen LogP contribution in [0.4, 0.5) is 10.1 Å². The second kappa shape index (κ2) is 9.80. The van der Waals surface area contributed by atoms with E-state index in [1.807, 2.05) is 4.90 Å². The van der Waals surface area contributed by atoms with Gasteiger partial charge in [0.2, 0.25) is 5.91 Å². The average Bonchev–Trinajstić information content (AvgIpc) is 3.36. The van der Waals surface area contributed by atoms with Gasteiger partial charge in [-0.15, -0.1) is 11.3 Å². The predicted molar refractivity (Wildman–Crippen MR) is 126 cm³/mol. The molecule has 9 heteroatoms. The highest BCUT2D eigenvalue weighted by Crippen LogP contribution is 2.33. The molecule has 0 aliphatic carbocycles. The number of anilines is 1. The lowest BCUT2D eigenvalue weighted by Crippen LogP contribution is -2.38. The Kier molecular flexibility index (Phi) is 6.44. The summed E-state index contributed by atoms with van der Waals surface area (Å²) in [7, 11) is 0. The van der Waals surface area contributed by atoms with E-state index in [0.717, 1.165) is 23.4 Å². The largest absolute Gasteiger partial charge is 0.486 e. The van der Waals surface area contributed by atoms with Crippen molar-refractivity contribution in [3.63, 3.8) is 0 Å². The van der Waals surface area contributed by atoms with Crippen LogP contribution in [0.5, 0.6) is 11.5 Å². The lowest BCUT2D eigenvalue weighted by atomic mass is 9.97. The lowest BCUT2D eigenvalue weighted by molar-refractivity contribution is -0.131. The molecule has 5 rings (SSSR count). The van der Waals surface area contributed by atoms with Crippen LogP contribution in [0.3, 0.4) is 0 Å². The third-order valence-corrected chi connectivity index (χ3v) is 7.03. The van der Waals surface area contributed by atoms with Gasteiger partial charge in [0.15, 0.2) is 11.5 Å². The van der Waals surface area contributed by atoms with Crippen LogP contribution in [0, 0.1) is 5.82 Å². The van der Waals surface area contributed by atoms with Gasteiger partial charge >= 0.3 is 0 Å². The summed E-state index contributed by atoms with van der Waals surface area (Å²) < 4.78 is 24.1. The van der Waals surface area contributed by atoms with Crippen LogP contribution in [-0.2, 0) is 11.2 Å². The number of benzene rings is 2. The molecule has 0 unspecified atom stereocenters. The van der Waals surface area contributed by atoms with Crippen LogP contribution >= 0.6 is 11.3 Å². The van der Waals surface area contributed by atoms with Gasteiger partial charge < -0.3 is 19.7 Å². The van der Waals surface area contributed by atoms with Crippen molar-refractivity contribution in [3.8, 4) is 11.5 Å². The van der Waals surface area contributed by atoms with Crippen molar-refractivity contribution in [2.45, 2.75) is 25.2 Å². The highest BCUT2D eigenvalue weighted by molar-refractivity contribution is 7.10. The summed E-state index contributed by atoms with van der Waals surface area (Å²) in [6.07, 6.45) is 1.87. The number of hydrogen-bond donors (Lipinski definition) is 1. The van der Waals surface area contributed by atoms with E-state index in [1.165, 1.54) is 23.5 Å². The van der Waals surface area contributed by atoms with Crippen molar-refractivity contribution < 1.29 is 23.5 Å². The molecule has 7 nitrogen and oxygen atoms in total. The molecule has 1 saturated heterocycles. The molecule has 0 radical (unpaired) electrons. The fraction of sp³-hybridized carbons (Fsp3) is 0.320. The predicted octanol–water partition coefficient (Wildman–Crippen LogP) is 4.25. The monoisotopic (exact) mass is 481 g/mol. The zero-order chi connectivity index (χ0) is 23.5. The van der Waals surface area contributed by atoms with E-state index in [-0.39, 0.29) is 30.0 Å². The number of carbonyl (C=O) groups excluding carboxylic acids is 2. The maximum Gasteiger partial charge on any atom is 0.275 e. The number of rotatable bonds is 5. The van der Waals surface area contributed by atoms with Gasteiger partial charge in [-0.2, -0.15) is 0 Å². The van der Waals surface area contributed by atoms with E-state index >= 15 is 0 Å². The second-order valence-corrected chi connectivity index (χ2v) is 9.23. The molecule has 2 aromatic carbocycles. The topological polar surface area (TPSA) is 80.8 Å². The Bertz CT molecular complexity index is 1190. The van der Waals surface area contributed by atoms with Crippen molar-refractivity contribution in [2.24, 2.45) is 0 Å². The van der Waals surface area contributed by atoms with Crippen LogP contribution in [0.25, 0.3) is 0 Å². The number of nitrogens with one attached hydrogen (secondary N) is 1. The van der Waals surface area contributed by atoms with Crippen LogP contribution in [-0.4, -0.2) is 48.0 Å². The summed E-state index contributed by atoms with van der Waals surface area (Å²) in [6.45, 7) is 2.28. The zero-order valence-electron chi connectivity index (χ0n) is 18.5. The molecule has 2 amide bonds. The SMILES string of the molecule is O=C(Nc1ccc2c(c1)OCCO2)c1csc(C2CCN(C(=O)Cc3ccc(F)cc3)CC2)n1. The number of thiazole rings is 1. The van der Waals surface area contributed by atoms with E-state index < -0.39 is 0 Å². The van der Waals surface area contributed by atoms with Gasteiger partial charge in [-0.25, -0.2) is 9.37 Å². The molecule has 0 spiro atoms. The molecule has 2 aliphatic rings. The maximum atomic E-state index is 13.1. The van der Waals surface area contributed by atoms with E-state index in [4.69, 9.17) is 9.47 Å². The Balaban J connectivity index is 1.15. The van der Waals surface area contributed by atoms with Gasteiger partial charge in [0.05, 0.1) is 11.4 Å². The summed E-state index contributed by atoms with van der Waals surface area (Å²) in [6, 6.07) is 11.3. The third kappa shape index (κ3) is 5.04. The van der Waals surface area contributed by atoms with Gasteiger partial charge in [0.1, 0.15) is 24.7 Å². The van der Waals surface area contributed by atoms with Gasteiger partial charge in [-0.3, -0.25) is 9.59 Å². The van der Waals surface area contributed by atoms with Gasteiger partial charge in [0, 0.05) is 36.1 Å². The van der Waals surface area contributed by atoms with Crippen LogP contribution in [0.2, 0.25) is 0 Å². The molecule has 0 saturated carbocycles. The van der Waals surface area contributed by atoms with E-state index in [1.54, 1.807) is 35.7 Å². The highest BCUT2D eigenvalue weighted by Gasteiger charge is 2.26. The molecule has 34 heavy (non-hydrogen) atoms. The number of nitrogens with zero attached hydrogens (tertiary/aromatic N) is 2. The molecule has 3 aromatic rings. The summed E-state index contributed by atoms with van der Waals surface area (Å²) in [4.78, 5) is 31.7. The molecule has 1 N–H and O–H groups in total. The van der Waals surface area contributed by atoms with Crippen molar-refractivity contribution in [3.05, 3.63) is 69.9 Å². The number of likely N-dealkylation sites (tertiary alicyclic amines) is 1. The first-order valence-corrected chi connectivity index (χ1v) is 12.1. The van der Waals surface area contributed by atoms with Crippen LogP contribution in [0.15, 0.2) is 47.8 Å². The number of halogens is 1. The van der Waals surface area contributed by atoms with E-state index in [9.17, 15) is 14.0 Å². The molecule has 2 aliphatic heterocycles. The summed E-state index contributed by atoms with van der Waals surface area (Å²) in [5, 5.41) is 5.55. The molecule has 0 atom stereocenters. The molecule has 1 aromatic heterocycles. The first-order chi connectivity index (χ1) is 16.5. The van der Waals surface area contributed by atoms with Crippen molar-refractivity contribution in [1.82, 2.24) is 9.88 Å². The second-order valence-electron chi connectivity index (χ2n) is 8.34. The van der Waals surface area contributed by atoms with Crippen molar-refractivity contribution in [2.75, 3.05) is 31.6 Å². The third-order valence-electron chi connectivity index (χ3n) is 6.02. The van der Waals surface area contributed by atoms with Gasteiger partial charge in [-0.1, -0.05) is 12.1 Å². The van der Waals surface area contributed by atoms with Crippen LogP contribution < -0.4 is 14.8 Å². The van der Waals surface area contributed by atoms with Gasteiger partial charge in [0.25, 0.3) is 5.91 Å². The molecule has 0 bridgehead atoms. The number of piperidine rings is 1. The molecular weight excluding hydrogens is 457 g/mol. The summed E-state index contributed by atoms with van der Waals surface area (Å²) >= 11 is 1.48. The van der Waals surface area contributed by atoms with Crippen LogP contribution in [0.1, 0.15) is 39.8 Å². The molecule has 1 fully saturated rings. The minimum absolute atomic E-state index is 0.0451. The quantitative estimate of drug-likeness (QED) is 0.589. The first-order valence-electron chi connectivity index (χ1n) is 11.2. The number of carbonyl (C=O) groups is 2. The Hall–Kier alpha value is -3.46. The molecular formula is C25H24FN3O4S. The van der Waals surface area contributed by atoms with Crippen molar-refractivity contribution >= 4 is 28.8 Å². The Morgan fingerprint density at radius 1 is 1.06 bits per heavy atom. The zero-order valence-corrected chi connectivity index (χ0v) is 19.3. The normalized spacial score (nSPS) is 15.7. The fourth-order valence-corrected chi connectivity index (χ4v) is 5.13. The van der Waals surface area contributed by atoms with Crippen molar-refractivity contribution in [1.29, 1.82) is 0 Å². The fourth-order valence-electron chi connectivity index (χ4n) is 4.16. The van der Waals surface area contributed by atoms with Gasteiger partial charge in [-0.05, 0) is 42.7 Å². The number of fused-ring (bicyclic) bond motifs is 1. The number of hydrogen-bond acceptors (Lipinski definition) is 6. The Morgan fingerprint density at radius 3 is 2.56 bits per heavy atom. The molecule has 176 valence electrons. The Labute approximate surface area is 200 Å². The average molecular weight is 482 g/mol. The molecule has 3 heterocycles. The van der Waals surface area contributed by atoms with E-state index in [2.05, 4.69) is 10.3 Å².